The summed E-state index contributed by atoms with van der Waals surface area (Å²) in [6, 6.07) is 2.68. The molecule has 0 saturated carbocycles. The smallest absolute Gasteiger partial charge is 0.254 e. The second kappa shape index (κ2) is 8.11. The largest absolute Gasteiger partial charge is 0.369 e. The van der Waals surface area contributed by atoms with E-state index in [4.69, 9.17) is 10.6 Å². The molecule has 29 heavy (non-hydrogen) atoms. The van der Waals surface area contributed by atoms with E-state index in [1.54, 1.807) is 0 Å². The molecular formula is C19H22F3N5O2. The van der Waals surface area contributed by atoms with Gasteiger partial charge in [0.25, 0.3) is 5.91 Å². The molecular weight excluding hydrogens is 387 g/mol. The Balaban J connectivity index is 1.43. The molecule has 1 aromatic rings. The van der Waals surface area contributed by atoms with Crippen LogP contribution in [0.5, 0.6) is 0 Å². The van der Waals surface area contributed by atoms with Gasteiger partial charge in [0, 0.05) is 37.8 Å². The zero-order valence-corrected chi connectivity index (χ0v) is 15.7. The topological polar surface area (TPSA) is 83.5 Å². The third-order valence-corrected chi connectivity index (χ3v) is 5.85. The molecule has 7 nitrogen and oxygen atoms in total. The zero-order chi connectivity index (χ0) is 20.5. The molecule has 0 aromatic heterocycles. The van der Waals surface area contributed by atoms with E-state index in [0.29, 0.717) is 39.2 Å². The minimum Gasteiger partial charge on any atom is -0.369 e. The van der Waals surface area contributed by atoms with Gasteiger partial charge in [-0.1, -0.05) is 5.22 Å². The van der Waals surface area contributed by atoms with E-state index in [0.717, 1.165) is 29.3 Å². The fourth-order valence-electron chi connectivity index (χ4n) is 4.40. The van der Waals surface area contributed by atoms with Crippen LogP contribution in [0.4, 0.5) is 13.2 Å². The molecule has 0 bridgehead atoms. The molecule has 0 spiro atoms. The molecule has 3 aliphatic rings. The molecule has 4 rings (SSSR count). The first kappa shape index (κ1) is 19.8. The number of alkyl halides is 1. The van der Waals surface area contributed by atoms with Crippen LogP contribution in [0, 0.1) is 11.6 Å². The number of carbonyl (C=O) groups is 1. The van der Waals surface area contributed by atoms with Crippen molar-refractivity contribution in [1.29, 1.82) is 0 Å². The van der Waals surface area contributed by atoms with Gasteiger partial charge in [-0.15, -0.1) is 0 Å². The van der Waals surface area contributed by atoms with Gasteiger partial charge in [0.1, 0.15) is 23.8 Å². The Morgan fingerprint density at radius 1 is 1.21 bits per heavy atom. The number of nitrogens with two attached hydrogens (primary N) is 1. The molecule has 2 N–H and O–H groups in total. The maximum atomic E-state index is 14.2. The van der Waals surface area contributed by atoms with Gasteiger partial charge >= 0.3 is 0 Å². The van der Waals surface area contributed by atoms with Crippen LogP contribution < -0.4 is 5.84 Å². The van der Waals surface area contributed by atoms with Crippen LogP contribution in [0.25, 0.3) is 0 Å². The summed E-state index contributed by atoms with van der Waals surface area (Å²) in [6.07, 6.45) is -0.246. The quantitative estimate of drug-likeness (QED) is 0.356. The van der Waals surface area contributed by atoms with Gasteiger partial charge in [0.2, 0.25) is 0 Å². The molecule has 0 radical (unpaired) electrons. The third-order valence-electron chi connectivity index (χ3n) is 5.85. The maximum absolute atomic E-state index is 14.2. The molecule has 0 unspecified atom stereocenters. The van der Waals surface area contributed by atoms with Crippen LogP contribution in [0.15, 0.2) is 39.7 Å². The highest BCUT2D eigenvalue weighted by molar-refractivity contribution is 5.78. The summed E-state index contributed by atoms with van der Waals surface area (Å²) < 4.78 is 46.4. The van der Waals surface area contributed by atoms with Crippen LogP contribution in [0.3, 0.4) is 0 Å². The summed E-state index contributed by atoms with van der Waals surface area (Å²) in [5, 5.41) is 7.37. The van der Waals surface area contributed by atoms with Gasteiger partial charge in [-0.05, 0) is 35.8 Å². The third kappa shape index (κ3) is 3.86. The highest BCUT2D eigenvalue weighted by atomic mass is 19.1. The molecule has 156 valence electrons. The van der Waals surface area contributed by atoms with Crippen molar-refractivity contribution in [3.8, 4) is 0 Å². The first-order valence-corrected chi connectivity index (χ1v) is 9.44. The zero-order valence-electron chi connectivity index (χ0n) is 15.7. The van der Waals surface area contributed by atoms with E-state index in [1.807, 2.05) is 0 Å². The molecule has 3 aliphatic heterocycles. The lowest BCUT2D eigenvalue weighted by Crippen LogP contribution is -2.46. The Morgan fingerprint density at radius 3 is 2.59 bits per heavy atom. The molecule has 3 atom stereocenters. The summed E-state index contributed by atoms with van der Waals surface area (Å²) in [4.78, 5) is 15.3. The Hall–Kier alpha value is -2.46. The van der Waals surface area contributed by atoms with E-state index >= 15 is 0 Å². The lowest BCUT2D eigenvalue weighted by atomic mass is 9.93. The van der Waals surface area contributed by atoms with Crippen molar-refractivity contribution in [1.82, 2.24) is 9.80 Å². The molecule has 1 aromatic carbocycles. The molecule has 0 aliphatic carbocycles. The highest BCUT2D eigenvalue weighted by Crippen LogP contribution is 2.36. The number of amides is 1. The van der Waals surface area contributed by atoms with Crippen LogP contribution in [0.1, 0.15) is 18.1 Å². The Bertz CT molecular complexity index is 844. The minimum absolute atomic E-state index is 0.00528. The Labute approximate surface area is 166 Å². The second-order valence-electron chi connectivity index (χ2n) is 7.60. The van der Waals surface area contributed by atoms with E-state index in [9.17, 15) is 18.0 Å². The van der Waals surface area contributed by atoms with Gasteiger partial charge in [-0.25, -0.2) is 13.2 Å². The lowest BCUT2D eigenvalue weighted by molar-refractivity contribution is -0.131. The Kier molecular flexibility index (Phi) is 5.55. The number of rotatable bonds is 4. The lowest BCUT2D eigenvalue weighted by Gasteiger charge is -2.38. The average Bonchev–Trinajstić information content (AvgIpc) is 3.29. The summed E-state index contributed by atoms with van der Waals surface area (Å²) >= 11 is 0. The summed E-state index contributed by atoms with van der Waals surface area (Å²) in [5.74, 6) is 3.64. The van der Waals surface area contributed by atoms with Crippen LogP contribution in [0.2, 0.25) is 0 Å². The number of nitrogens with zero attached hydrogens (tertiary/aromatic N) is 4. The number of carbonyl (C=O) groups excluding carboxylic acids is 1. The van der Waals surface area contributed by atoms with Crippen molar-refractivity contribution in [2.24, 2.45) is 16.2 Å². The standard InChI is InChI=1S/C19H22F3N5O2/c20-5-18(28)27-8-11-6-26(7-12(11)9-27)14-4-17(24-25-23)19(29-10-14)15-3-13(21)1-2-16(15)22/h1-3,14,17,19H,4-10H2,(H2,23,24)/t14-,17+,19-/m1/s1. The predicted molar refractivity (Wildman–Crippen MR) is 97.4 cm³/mol. The first-order valence-electron chi connectivity index (χ1n) is 9.44. The molecule has 3 heterocycles. The van der Waals surface area contributed by atoms with Gasteiger partial charge in [0.05, 0.1) is 6.61 Å². The van der Waals surface area contributed by atoms with Gasteiger partial charge in [-0.3, -0.25) is 9.69 Å². The summed E-state index contributed by atoms with van der Waals surface area (Å²) in [5.41, 5.74) is 2.35. The number of hydrogen-bond donors (Lipinski definition) is 1. The van der Waals surface area contributed by atoms with Crippen molar-refractivity contribution < 1.29 is 22.7 Å². The SMILES string of the molecule is NN=N[C@H]1C[C@@H](N2CC3=C(CN(C(=O)CF)C3)C2)CO[C@@H]1c1cc(F)ccc1F. The minimum atomic E-state index is -0.982. The fourth-order valence-corrected chi connectivity index (χ4v) is 4.40. The van der Waals surface area contributed by atoms with Crippen LogP contribution >= 0.6 is 0 Å². The number of hydrogen-bond acceptors (Lipinski definition) is 5. The second-order valence-corrected chi connectivity index (χ2v) is 7.60. The number of benzene rings is 1. The molecule has 1 saturated heterocycles. The van der Waals surface area contributed by atoms with Crippen molar-refractivity contribution in [2.75, 3.05) is 39.5 Å². The van der Waals surface area contributed by atoms with Gasteiger partial charge in [-0.2, -0.15) is 5.11 Å². The first-order chi connectivity index (χ1) is 14.0. The van der Waals surface area contributed by atoms with E-state index in [2.05, 4.69) is 15.2 Å². The average molecular weight is 409 g/mol. The molecule has 10 heteroatoms. The van der Waals surface area contributed by atoms with Gasteiger partial charge < -0.3 is 15.5 Å². The van der Waals surface area contributed by atoms with Crippen molar-refractivity contribution in [3.05, 3.63) is 46.5 Å². The van der Waals surface area contributed by atoms with Crippen LogP contribution in [-0.2, 0) is 9.53 Å². The van der Waals surface area contributed by atoms with E-state index < -0.39 is 36.4 Å². The fraction of sp³-hybridized carbons (Fsp3) is 0.526. The van der Waals surface area contributed by atoms with E-state index in [-0.39, 0.29) is 11.6 Å². The maximum Gasteiger partial charge on any atom is 0.254 e. The number of ether oxygens (including phenoxy) is 1. The summed E-state index contributed by atoms with van der Waals surface area (Å²) in [7, 11) is 0. The molecule has 1 fully saturated rings. The molecule has 1 amide bonds. The Morgan fingerprint density at radius 2 is 1.93 bits per heavy atom. The van der Waals surface area contributed by atoms with Gasteiger partial charge in [0.15, 0.2) is 6.67 Å². The van der Waals surface area contributed by atoms with E-state index in [1.165, 1.54) is 4.90 Å². The predicted octanol–water partition coefficient (Wildman–Crippen LogP) is 1.91. The van der Waals surface area contributed by atoms with Crippen molar-refractivity contribution >= 4 is 5.91 Å². The normalized spacial score (nSPS) is 27.8. The number of halogens is 3. The van der Waals surface area contributed by atoms with Crippen molar-refractivity contribution in [3.63, 3.8) is 0 Å². The van der Waals surface area contributed by atoms with Crippen molar-refractivity contribution in [2.45, 2.75) is 24.6 Å². The van der Waals surface area contributed by atoms with Crippen LogP contribution in [-0.4, -0.2) is 67.3 Å². The monoisotopic (exact) mass is 409 g/mol. The highest BCUT2D eigenvalue weighted by Gasteiger charge is 2.40. The summed E-state index contributed by atoms with van der Waals surface area (Å²) in [6.45, 7) is 1.56.